The number of benzene rings is 1. The monoisotopic (exact) mass is 348 g/mol. The average molecular weight is 348 g/mol. The molecule has 1 aromatic heterocycles. The van der Waals surface area contributed by atoms with Crippen LogP contribution in [0.5, 0.6) is 5.75 Å². The molecule has 0 saturated carbocycles. The van der Waals surface area contributed by atoms with Crippen LogP contribution in [0.1, 0.15) is 22.2 Å². The van der Waals surface area contributed by atoms with Gasteiger partial charge in [-0.3, -0.25) is 4.79 Å². The van der Waals surface area contributed by atoms with Crippen molar-refractivity contribution >= 4 is 17.2 Å². The van der Waals surface area contributed by atoms with E-state index in [0.717, 1.165) is 4.88 Å². The molecule has 0 N–H and O–H groups in total. The van der Waals surface area contributed by atoms with E-state index >= 15 is 0 Å². The van der Waals surface area contributed by atoms with Crippen molar-refractivity contribution in [3.8, 4) is 5.75 Å². The predicted molar refractivity (Wildman–Crippen MR) is 90.2 cm³/mol. The van der Waals surface area contributed by atoms with Gasteiger partial charge in [0.2, 0.25) is 0 Å². The molecule has 0 aliphatic carbocycles. The molecular formula is C17H20N2O4S. The number of thiazole rings is 1. The van der Waals surface area contributed by atoms with Gasteiger partial charge in [-0.2, -0.15) is 4.99 Å². The van der Waals surface area contributed by atoms with Gasteiger partial charge in [-0.15, -0.1) is 11.3 Å². The lowest BCUT2D eigenvalue weighted by Crippen LogP contribution is -2.24. The van der Waals surface area contributed by atoms with Crippen LogP contribution in [0.4, 0.5) is 0 Å². The van der Waals surface area contributed by atoms with Crippen LogP contribution in [0.15, 0.2) is 35.5 Å². The summed E-state index contributed by atoms with van der Waals surface area (Å²) in [4.78, 5) is 18.6. The van der Waals surface area contributed by atoms with Crippen molar-refractivity contribution in [3.05, 3.63) is 45.7 Å². The summed E-state index contributed by atoms with van der Waals surface area (Å²) in [6, 6.07) is 7.15. The molecule has 6 nitrogen and oxygen atoms in total. The van der Waals surface area contributed by atoms with Crippen LogP contribution in [-0.4, -0.2) is 36.6 Å². The molecule has 0 atom stereocenters. The Hall–Kier alpha value is -1.96. The first-order valence-electron chi connectivity index (χ1n) is 7.88. The van der Waals surface area contributed by atoms with Crippen molar-refractivity contribution in [1.29, 1.82) is 0 Å². The van der Waals surface area contributed by atoms with Crippen molar-refractivity contribution < 1.29 is 19.0 Å². The molecule has 7 heteroatoms. The van der Waals surface area contributed by atoms with Crippen molar-refractivity contribution in [1.82, 2.24) is 4.57 Å². The van der Waals surface area contributed by atoms with E-state index in [1.807, 2.05) is 30.7 Å². The fourth-order valence-corrected chi connectivity index (χ4v) is 3.31. The fourth-order valence-electron chi connectivity index (χ4n) is 2.47. The Bertz CT molecular complexity index is 775. The lowest BCUT2D eigenvalue weighted by atomic mass is 10.2. The molecule has 0 radical (unpaired) electrons. The summed E-state index contributed by atoms with van der Waals surface area (Å²) in [5.41, 5.74) is 0.463. The van der Waals surface area contributed by atoms with E-state index in [9.17, 15) is 4.79 Å². The maximum Gasteiger partial charge on any atom is 0.283 e. The van der Waals surface area contributed by atoms with E-state index in [-0.39, 0.29) is 12.2 Å². The minimum absolute atomic E-state index is 0.288. The lowest BCUT2D eigenvalue weighted by Gasteiger charge is -2.09. The molecule has 1 fully saturated rings. The van der Waals surface area contributed by atoms with E-state index < -0.39 is 0 Å². The van der Waals surface area contributed by atoms with Crippen LogP contribution >= 0.6 is 11.3 Å². The molecule has 2 aromatic rings. The van der Waals surface area contributed by atoms with Crippen LogP contribution in [0.3, 0.4) is 0 Å². The lowest BCUT2D eigenvalue weighted by molar-refractivity contribution is -0.0529. The molecular weight excluding hydrogens is 328 g/mol. The van der Waals surface area contributed by atoms with Crippen LogP contribution in [-0.2, 0) is 16.0 Å². The van der Waals surface area contributed by atoms with Gasteiger partial charge >= 0.3 is 0 Å². The standard InChI is InChI=1S/C17H20N2O4S/c1-3-21-14-7-5-4-6-13(14)16(20)18-17-19(10-12(2)24-17)11-15-22-8-9-23-15/h4-7,10,15H,3,8-9,11H2,1-2H3/b18-17-. The van der Waals surface area contributed by atoms with Gasteiger partial charge in [0.15, 0.2) is 11.1 Å². The normalized spacial score (nSPS) is 15.8. The van der Waals surface area contributed by atoms with Crippen LogP contribution in [0.2, 0.25) is 0 Å². The second-order valence-corrected chi connectivity index (χ2v) is 6.51. The third-order valence-corrected chi connectivity index (χ3v) is 4.42. The molecule has 128 valence electrons. The highest BCUT2D eigenvalue weighted by atomic mass is 32.1. The van der Waals surface area contributed by atoms with Crippen LogP contribution < -0.4 is 9.54 Å². The molecule has 1 saturated heterocycles. The number of carbonyl (C=O) groups excluding carboxylic acids is 1. The second kappa shape index (κ2) is 7.74. The minimum Gasteiger partial charge on any atom is -0.493 e. The number of hydrogen-bond donors (Lipinski definition) is 0. The molecule has 2 heterocycles. The van der Waals surface area contributed by atoms with Gasteiger partial charge < -0.3 is 18.8 Å². The zero-order valence-electron chi connectivity index (χ0n) is 13.7. The van der Waals surface area contributed by atoms with Crippen LogP contribution in [0, 0.1) is 6.92 Å². The maximum atomic E-state index is 12.6. The maximum absolute atomic E-state index is 12.6. The van der Waals surface area contributed by atoms with Gasteiger partial charge in [0.05, 0.1) is 31.9 Å². The van der Waals surface area contributed by atoms with Gasteiger partial charge in [-0.25, -0.2) is 0 Å². The van der Waals surface area contributed by atoms with E-state index in [1.165, 1.54) is 11.3 Å². The summed E-state index contributed by atoms with van der Waals surface area (Å²) in [6.45, 7) is 6.08. The van der Waals surface area contributed by atoms with Crippen LogP contribution in [0.25, 0.3) is 0 Å². The number of carbonyl (C=O) groups is 1. The zero-order chi connectivity index (χ0) is 16.9. The third kappa shape index (κ3) is 3.92. The average Bonchev–Trinajstić information content (AvgIpc) is 3.19. The smallest absolute Gasteiger partial charge is 0.283 e. The van der Waals surface area contributed by atoms with Crippen molar-refractivity contribution in [2.75, 3.05) is 19.8 Å². The molecule has 1 aliphatic rings. The molecule has 0 spiro atoms. The number of rotatable bonds is 5. The highest BCUT2D eigenvalue weighted by Gasteiger charge is 2.18. The topological polar surface area (TPSA) is 62.0 Å². The van der Waals surface area contributed by atoms with Gasteiger partial charge in [0.25, 0.3) is 5.91 Å². The quantitative estimate of drug-likeness (QED) is 0.832. The van der Waals surface area contributed by atoms with E-state index in [2.05, 4.69) is 4.99 Å². The summed E-state index contributed by atoms with van der Waals surface area (Å²) >= 11 is 1.46. The molecule has 1 amide bonds. The molecule has 0 unspecified atom stereocenters. The summed E-state index contributed by atoms with van der Waals surface area (Å²) in [6.07, 6.45) is 1.67. The third-order valence-electron chi connectivity index (χ3n) is 3.49. The Morgan fingerprint density at radius 1 is 1.38 bits per heavy atom. The number of para-hydroxylation sites is 1. The number of aromatic nitrogens is 1. The van der Waals surface area contributed by atoms with E-state index in [0.29, 0.717) is 42.5 Å². The molecule has 1 aromatic carbocycles. The SMILES string of the molecule is CCOc1ccccc1C(=O)/N=c1\sc(C)cn1CC1OCCO1. The van der Waals surface area contributed by atoms with Gasteiger partial charge in [0.1, 0.15) is 5.75 Å². The number of hydrogen-bond acceptors (Lipinski definition) is 5. The number of amides is 1. The largest absolute Gasteiger partial charge is 0.493 e. The first-order valence-corrected chi connectivity index (χ1v) is 8.70. The first kappa shape index (κ1) is 16.9. The van der Waals surface area contributed by atoms with Crippen molar-refractivity contribution in [2.45, 2.75) is 26.7 Å². The predicted octanol–water partition coefficient (Wildman–Crippen LogP) is 2.37. The minimum atomic E-state index is -0.317. The fraction of sp³-hybridized carbons (Fsp3) is 0.412. The van der Waals surface area contributed by atoms with E-state index in [1.54, 1.807) is 18.2 Å². The molecule has 1 aliphatic heterocycles. The number of nitrogens with zero attached hydrogens (tertiary/aromatic N) is 2. The zero-order valence-corrected chi connectivity index (χ0v) is 14.5. The Morgan fingerprint density at radius 2 is 2.12 bits per heavy atom. The van der Waals surface area contributed by atoms with Crippen molar-refractivity contribution in [2.24, 2.45) is 4.99 Å². The second-order valence-electron chi connectivity index (χ2n) is 5.29. The summed E-state index contributed by atoms with van der Waals surface area (Å²) in [5, 5.41) is 0. The Kier molecular flexibility index (Phi) is 5.44. The molecule has 24 heavy (non-hydrogen) atoms. The Morgan fingerprint density at radius 3 is 2.88 bits per heavy atom. The number of aryl methyl sites for hydroxylation is 1. The first-order chi connectivity index (χ1) is 11.7. The highest BCUT2D eigenvalue weighted by molar-refractivity contribution is 7.09. The summed E-state index contributed by atoms with van der Waals surface area (Å²) in [5.74, 6) is 0.235. The summed E-state index contributed by atoms with van der Waals surface area (Å²) < 4.78 is 18.4. The molecule has 3 rings (SSSR count). The molecule has 0 bridgehead atoms. The Labute approximate surface area is 144 Å². The van der Waals surface area contributed by atoms with Gasteiger partial charge in [0, 0.05) is 11.1 Å². The highest BCUT2D eigenvalue weighted by Crippen LogP contribution is 2.19. The Balaban J connectivity index is 1.89. The van der Waals surface area contributed by atoms with Crippen molar-refractivity contribution in [3.63, 3.8) is 0 Å². The summed E-state index contributed by atoms with van der Waals surface area (Å²) in [7, 11) is 0. The number of ether oxygens (including phenoxy) is 3. The van der Waals surface area contributed by atoms with Gasteiger partial charge in [-0.1, -0.05) is 12.1 Å². The van der Waals surface area contributed by atoms with E-state index in [4.69, 9.17) is 14.2 Å². The van der Waals surface area contributed by atoms with Gasteiger partial charge in [-0.05, 0) is 26.0 Å².